The second-order valence-corrected chi connectivity index (χ2v) is 7.04. The van der Waals surface area contributed by atoms with Crippen LogP contribution in [-0.2, 0) is 22.4 Å². The number of nitrogens with one attached hydrogen (secondary N) is 1. The van der Waals surface area contributed by atoms with Crippen LogP contribution in [0.4, 0.5) is 5.82 Å². The highest BCUT2D eigenvalue weighted by Crippen LogP contribution is 2.30. The van der Waals surface area contributed by atoms with E-state index in [9.17, 15) is 4.79 Å². The fraction of sp³-hybridized carbons (Fsp3) is 0.684. The summed E-state index contributed by atoms with van der Waals surface area (Å²) in [6.45, 7) is 3.33. The number of fused-ring (bicyclic) bond motifs is 1. The summed E-state index contributed by atoms with van der Waals surface area (Å²) in [4.78, 5) is 17.4. The summed E-state index contributed by atoms with van der Waals surface area (Å²) in [7, 11) is 1.72. The first-order valence-electron chi connectivity index (χ1n) is 9.52. The van der Waals surface area contributed by atoms with Crippen molar-refractivity contribution in [1.82, 2.24) is 9.88 Å². The molecule has 0 aromatic carbocycles. The van der Waals surface area contributed by atoms with Crippen molar-refractivity contribution in [2.45, 2.75) is 44.6 Å². The van der Waals surface area contributed by atoms with E-state index < -0.39 is 5.97 Å². The van der Waals surface area contributed by atoms with Gasteiger partial charge < -0.3 is 19.9 Å². The SMILES string of the molecule is COc1cc(CCCCO[C@@H]2CCN(CC(=O)O)C2)nc2c1CCCN2. The number of aliphatic carboxylic acids is 1. The third kappa shape index (κ3) is 5.08. The molecule has 2 aliphatic rings. The molecule has 26 heavy (non-hydrogen) atoms. The number of pyridine rings is 1. The smallest absolute Gasteiger partial charge is 0.317 e. The number of aryl methyl sites for hydroxylation is 1. The number of unbranched alkanes of at least 4 members (excludes halogenated alkanes) is 1. The molecule has 1 aromatic heterocycles. The number of aromatic nitrogens is 1. The van der Waals surface area contributed by atoms with E-state index in [-0.39, 0.29) is 12.6 Å². The van der Waals surface area contributed by atoms with Crippen LogP contribution in [0.1, 0.15) is 36.9 Å². The van der Waals surface area contributed by atoms with E-state index >= 15 is 0 Å². The molecule has 1 atom stereocenters. The lowest BCUT2D eigenvalue weighted by atomic mass is 10.0. The molecule has 0 spiro atoms. The molecule has 1 fully saturated rings. The van der Waals surface area contributed by atoms with Gasteiger partial charge in [0.25, 0.3) is 0 Å². The number of nitrogens with zero attached hydrogens (tertiary/aromatic N) is 2. The number of anilines is 1. The Hall–Kier alpha value is -1.86. The minimum absolute atomic E-state index is 0.111. The van der Waals surface area contributed by atoms with Crippen LogP contribution in [0.25, 0.3) is 0 Å². The van der Waals surface area contributed by atoms with Crippen LogP contribution in [0.5, 0.6) is 5.75 Å². The molecular formula is C19H29N3O4. The van der Waals surface area contributed by atoms with Crippen LogP contribution in [0, 0.1) is 0 Å². The van der Waals surface area contributed by atoms with E-state index in [1.165, 1.54) is 5.56 Å². The maximum atomic E-state index is 10.7. The zero-order valence-corrected chi connectivity index (χ0v) is 15.5. The van der Waals surface area contributed by atoms with Crippen molar-refractivity contribution in [3.05, 3.63) is 17.3 Å². The lowest BCUT2D eigenvalue weighted by molar-refractivity contribution is -0.138. The monoisotopic (exact) mass is 363 g/mol. The van der Waals surface area contributed by atoms with E-state index in [1.807, 2.05) is 4.90 Å². The molecule has 0 radical (unpaired) electrons. The maximum absolute atomic E-state index is 10.7. The summed E-state index contributed by atoms with van der Waals surface area (Å²) in [5.41, 5.74) is 2.25. The van der Waals surface area contributed by atoms with E-state index in [2.05, 4.69) is 11.4 Å². The number of rotatable bonds is 9. The van der Waals surface area contributed by atoms with Crippen molar-refractivity contribution in [2.24, 2.45) is 0 Å². The molecule has 0 unspecified atom stereocenters. The first-order valence-corrected chi connectivity index (χ1v) is 9.52. The lowest BCUT2D eigenvalue weighted by Gasteiger charge is -2.20. The van der Waals surface area contributed by atoms with Gasteiger partial charge in [-0.1, -0.05) is 0 Å². The van der Waals surface area contributed by atoms with E-state index in [0.717, 1.165) is 75.4 Å². The Morgan fingerprint density at radius 3 is 3.15 bits per heavy atom. The van der Waals surface area contributed by atoms with Crippen LogP contribution >= 0.6 is 0 Å². The van der Waals surface area contributed by atoms with Crippen LogP contribution in [-0.4, -0.2) is 67.0 Å². The van der Waals surface area contributed by atoms with Crippen molar-refractivity contribution in [3.63, 3.8) is 0 Å². The van der Waals surface area contributed by atoms with Crippen molar-refractivity contribution in [2.75, 3.05) is 45.2 Å². The third-order valence-electron chi connectivity index (χ3n) is 5.02. The number of hydrogen-bond acceptors (Lipinski definition) is 6. The summed E-state index contributed by atoms with van der Waals surface area (Å²) in [5.74, 6) is 1.15. The van der Waals surface area contributed by atoms with Crippen molar-refractivity contribution < 1.29 is 19.4 Å². The lowest BCUT2D eigenvalue weighted by Crippen LogP contribution is -2.29. The third-order valence-corrected chi connectivity index (χ3v) is 5.02. The Labute approximate surface area is 154 Å². The largest absolute Gasteiger partial charge is 0.496 e. The van der Waals surface area contributed by atoms with E-state index in [0.29, 0.717) is 6.61 Å². The van der Waals surface area contributed by atoms with Gasteiger partial charge in [-0.15, -0.1) is 0 Å². The number of hydrogen-bond donors (Lipinski definition) is 2. The first-order chi connectivity index (χ1) is 12.7. The van der Waals surface area contributed by atoms with Crippen LogP contribution in [0.3, 0.4) is 0 Å². The minimum Gasteiger partial charge on any atom is -0.496 e. The molecule has 1 aromatic rings. The number of ether oxygens (including phenoxy) is 2. The quantitative estimate of drug-likeness (QED) is 0.649. The zero-order chi connectivity index (χ0) is 18.4. The van der Waals surface area contributed by atoms with Gasteiger partial charge in [-0.2, -0.15) is 0 Å². The predicted molar refractivity (Wildman–Crippen MR) is 99.0 cm³/mol. The van der Waals surface area contributed by atoms with E-state index in [1.54, 1.807) is 7.11 Å². The number of carbonyl (C=O) groups is 1. The Morgan fingerprint density at radius 1 is 1.46 bits per heavy atom. The molecule has 0 saturated carbocycles. The summed E-state index contributed by atoms with van der Waals surface area (Å²) in [6.07, 6.45) is 6.12. The van der Waals surface area contributed by atoms with Crippen LogP contribution in [0.2, 0.25) is 0 Å². The van der Waals surface area contributed by atoms with Gasteiger partial charge in [0, 0.05) is 43.6 Å². The average Bonchev–Trinajstić information content (AvgIpc) is 3.07. The van der Waals surface area contributed by atoms with Gasteiger partial charge in [-0.05, 0) is 38.5 Å². The highest BCUT2D eigenvalue weighted by Gasteiger charge is 2.24. The Morgan fingerprint density at radius 2 is 2.35 bits per heavy atom. The molecule has 7 heteroatoms. The topological polar surface area (TPSA) is 83.9 Å². The minimum atomic E-state index is -0.770. The maximum Gasteiger partial charge on any atom is 0.317 e. The molecule has 0 aliphatic carbocycles. The standard InChI is InChI=1S/C19H29N3O4/c1-25-17-11-14(21-19-16(17)6-4-8-20-19)5-2-3-10-26-15-7-9-22(12-15)13-18(23)24/h11,15H,2-10,12-13H2,1H3,(H,20,21)(H,23,24)/t15-/m1/s1. The van der Waals surface area contributed by atoms with Crippen molar-refractivity contribution in [3.8, 4) is 5.75 Å². The fourth-order valence-electron chi connectivity index (χ4n) is 3.69. The predicted octanol–water partition coefficient (Wildman–Crippen LogP) is 1.95. The Bertz CT molecular complexity index is 606. The van der Waals surface area contributed by atoms with Crippen molar-refractivity contribution >= 4 is 11.8 Å². The van der Waals surface area contributed by atoms with Gasteiger partial charge in [0.15, 0.2) is 0 Å². The average molecular weight is 363 g/mol. The van der Waals surface area contributed by atoms with Crippen molar-refractivity contribution in [1.29, 1.82) is 0 Å². The number of methoxy groups -OCH3 is 1. The van der Waals surface area contributed by atoms with Gasteiger partial charge in [0.2, 0.25) is 0 Å². The normalized spacial score (nSPS) is 19.8. The summed E-state index contributed by atoms with van der Waals surface area (Å²) >= 11 is 0. The molecular weight excluding hydrogens is 334 g/mol. The molecule has 0 bridgehead atoms. The molecule has 2 N–H and O–H groups in total. The van der Waals surface area contributed by atoms with Crippen LogP contribution in [0.15, 0.2) is 6.07 Å². The van der Waals surface area contributed by atoms with Gasteiger partial charge in [0.05, 0.1) is 19.8 Å². The first kappa shape index (κ1) is 18.9. The number of carboxylic acids is 1. The number of carboxylic acid groups (broad SMARTS) is 1. The molecule has 3 heterocycles. The molecule has 1 saturated heterocycles. The Kier molecular flexibility index (Phi) is 6.68. The van der Waals surface area contributed by atoms with E-state index in [4.69, 9.17) is 19.6 Å². The number of likely N-dealkylation sites (tertiary alicyclic amines) is 1. The van der Waals surface area contributed by atoms with Gasteiger partial charge in [0.1, 0.15) is 11.6 Å². The molecule has 7 nitrogen and oxygen atoms in total. The Balaban J connectivity index is 1.38. The summed E-state index contributed by atoms with van der Waals surface area (Å²) in [5, 5.41) is 12.2. The second kappa shape index (κ2) is 9.19. The second-order valence-electron chi connectivity index (χ2n) is 7.04. The fourth-order valence-corrected chi connectivity index (χ4v) is 3.69. The molecule has 3 rings (SSSR count). The van der Waals surface area contributed by atoms with Gasteiger partial charge in [-0.25, -0.2) is 4.98 Å². The molecule has 0 amide bonds. The summed E-state index contributed by atoms with van der Waals surface area (Å²) in [6, 6.07) is 2.06. The van der Waals surface area contributed by atoms with Gasteiger partial charge in [-0.3, -0.25) is 9.69 Å². The van der Waals surface area contributed by atoms with Gasteiger partial charge >= 0.3 is 5.97 Å². The summed E-state index contributed by atoms with van der Waals surface area (Å²) < 4.78 is 11.4. The highest BCUT2D eigenvalue weighted by molar-refractivity contribution is 5.69. The zero-order valence-electron chi connectivity index (χ0n) is 15.5. The highest BCUT2D eigenvalue weighted by atomic mass is 16.5. The molecule has 144 valence electrons. The van der Waals surface area contributed by atoms with Crippen LogP contribution < -0.4 is 10.1 Å². The molecule has 2 aliphatic heterocycles.